The Balaban J connectivity index is 1.64. The van der Waals surface area contributed by atoms with Crippen LogP contribution in [0.3, 0.4) is 0 Å². The van der Waals surface area contributed by atoms with Crippen molar-refractivity contribution in [1.29, 1.82) is 0 Å². The zero-order valence-corrected chi connectivity index (χ0v) is 12.5. The van der Waals surface area contributed by atoms with Crippen molar-refractivity contribution in [3.05, 3.63) is 59.8 Å². The third-order valence-corrected chi connectivity index (χ3v) is 3.95. The number of carbonyl (C=O) groups excluding carboxylic acids is 1. The van der Waals surface area contributed by atoms with E-state index in [0.29, 0.717) is 25.2 Å². The third kappa shape index (κ3) is 3.09. The Morgan fingerprint density at radius 1 is 1.09 bits per heavy atom. The molecule has 3 rings (SSSR count). The Morgan fingerprint density at radius 3 is 2.59 bits per heavy atom. The predicted octanol–water partition coefficient (Wildman–Crippen LogP) is 1.50. The van der Waals surface area contributed by atoms with E-state index in [1.54, 1.807) is 6.20 Å². The molecular weight excluding hydrogens is 276 g/mol. The first-order valence-electron chi connectivity index (χ1n) is 7.52. The van der Waals surface area contributed by atoms with Crippen LogP contribution in [0.4, 0.5) is 5.82 Å². The van der Waals surface area contributed by atoms with Crippen LogP contribution in [0.5, 0.6) is 0 Å². The molecule has 0 bridgehead atoms. The van der Waals surface area contributed by atoms with E-state index in [-0.39, 0.29) is 5.91 Å². The SMILES string of the molecule is NCc1cccc(C(=O)N2CCN(c3ccccn3)CC2)c1. The summed E-state index contributed by atoms with van der Waals surface area (Å²) in [6.07, 6.45) is 1.80. The Kier molecular flexibility index (Phi) is 4.34. The van der Waals surface area contributed by atoms with Gasteiger partial charge >= 0.3 is 0 Å². The molecule has 1 aromatic carbocycles. The Hall–Kier alpha value is -2.40. The number of amides is 1. The highest BCUT2D eigenvalue weighted by atomic mass is 16.2. The molecular formula is C17H20N4O. The van der Waals surface area contributed by atoms with Crippen molar-refractivity contribution in [1.82, 2.24) is 9.88 Å². The van der Waals surface area contributed by atoms with Gasteiger partial charge in [0.15, 0.2) is 0 Å². The lowest BCUT2D eigenvalue weighted by Gasteiger charge is -2.35. The fourth-order valence-electron chi connectivity index (χ4n) is 2.69. The Morgan fingerprint density at radius 2 is 1.91 bits per heavy atom. The first-order valence-corrected chi connectivity index (χ1v) is 7.52. The minimum Gasteiger partial charge on any atom is -0.353 e. The van der Waals surface area contributed by atoms with E-state index >= 15 is 0 Å². The van der Waals surface area contributed by atoms with Crippen LogP contribution >= 0.6 is 0 Å². The van der Waals surface area contributed by atoms with Crippen molar-refractivity contribution in [2.24, 2.45) is 5.73 Å². The molecule has 22 heavy (non-hydrogen) atoms. The lowest BCUT2D eigenvalue weighted by Crippen LogP contribution is -2.49. The maximum atomic E-state index is 12.6. The minimum atomic E-state index is 0.0796. The second-order valence-electron chi connectivity index (χ2n) is 5.37. The minimum absolute atomic E-state index is 0.0796. The molecule has 2 N–H and O–H groups in total. The summed E-state index contributed by atoms with van der Waals surface area (Å²) < 4.78 is 0. The topological polar surface area (TPSA) is 62.5 Å². The standard InChI is InChI=1S/C17H20N4O/c18-13-14-4-3-5-15(12-14)17(22)21-10-8-20(9-11-21)16-6-1-2-7-19-16/h1-7,12H,8-11,13,18H2. The molecule has 1 aliphatic heterocycles. The van der Waals surface area contributed by atoms with Gasteiger partial charge in [0.25, 0.3) is 5.91 Å². The largest absolute Gasteiger partial charge is 0.353 e. The van der Waals surface area contributed by atoms with Gasteiger partial charge in [0.2, 0.25) is 0 Å². The van der Waals surface area contributed by atoms with E-state index < -0.39 is 0 Å². The second-order valence-corrected chi connectivity index (χ2v) is 5.37. The molecule has 0 saturated carbocycles. The van der Waals surface area contributed by atoms with Gasteiger partial charge < -0.3 is 15.5 Å². The monoisotopic (exact) mass is 296 g/mol. The zero-order chi connectivity index (χ0) is 15.4. The number of nitrogens with two attached hydrogens (primary N) is 1. The van der Waals surface area contributed by atoms with Crippen molar-refractivity contribution < 1.29 is 4.79 Å². The fraction of sp³-hybridized carbons (Fsp3) is 0.294. The molecule has 0 unspecified atom stereocenters. The van der Waals surface area contributed by atoms with Crippen LogP contribution in [0.15, 0.2) is 48.7 Å². The maximum absolute atomic E-state index is 12.6. The number of nitrogens with zero attached hydrogens (tertiary/aromatic N) is 3. The molecule has 1 amide bonds. The van der Waals surface area contributed by atoms with Gasteiger partial charge in [-0.15, -0.1) is 0 Å². The van der Waals surface area contributed by atoms with Crippen molar-refractivity contribution in [2.75, 3.05) is 31.1 Å². The van der Waals surface area contributed by atoms with Gasteiger partial charge in [-0.1, -0.05) is 18.2 Å². The summed E-state index contributed by atoms with van der Waals surface area (Å²) in [6.45, 7) is 3.48. The number of carbonyl (C=O) groups is 1. The van der Waals surface area contributed by atoms with Crippen LogP contribution in [0.2, 0.25) is 0 Å². The van der Waals surface area contributed by atoms with Crippen LogP contribution < -0.4 is 10.6 Å². The van der Waals surface area contributed by atoms with Gasteiger partial charge in [0.05, 0.1) is 0 Å². The quantitative estimate of drug-likeness (QED) is 0.932. The fourth-order valence-corrected chi connectivity index (χ4v) is 2.69. The van der Waals surface area contributed by atoms with Gasteiger partial charge in [-0.2, -0.15) is 0 Å². The van der Waals surface area contributed by atoms with Crippen molar-refractivity contribution >= 4 is 11.7 Å². The van der Waals surface area contributed by atoms with E-state index in [9.17, 15) is 4.79 Å². The molecule has 1 fully saturated rings. The Bertz CT molecular complexity index is 636. The molecule has 0 spiro atoms. The number of hydrogen-bond acceptors (Lipinski definition) is 4. The molecule has 0 radical (unpaired) electrons. The first-order chi connectivity index (χ1) is 10.8. The highest BCUT2D eigenvalue weighted by Crippen LogP contribution is 2.15. The number of hydrogen-bond donors (Lipinski definition) is 1. The van der Waals surface area contributed by atoms with Gasteiger partial charge in [-0.3, -0.25) is 4.79 Å². The summed E-state index contributed by atoms with van der Waals surface area (Å²) in [7, 11) is 0. The highest BCUT2D eigenvalue weighted by Gasteiger charge is 2.22. The zero-order valence-electron chi connectivity index (χ0n) is 12.5. The number of piperazine rings is 1. The van der Waals surface area contributed by atoms with Gasteiger partial charge in [0, 0.05) is 44.5 Å². The molecule has 2 heterocycles. The van der Waals surface area contributed by atoms with Gasteiger partial charge in [0.1, 0.15) is 5.82 Å². The summed E-state index contributed by atoms with van der Waals surface area (Å²) in [5, 5.41) is 0. The number of pyridine rings is 1. The average molecular weight is 296 g/mol. The smallest absolute Gasteiger partial charge is 0.253 e. The lowest BCUT2D eigenvalue weighted by molar-refractivity contribution is 0.0746. The second kappa shape index (κ2) is 6.58. The highest BCUT2D eigenvalue weighted by molar-refractivity contribution is 5.94. The molecule has 114 valence electrons. The summed E-state index contributed by atoms with van der Waals surface area (Å²) >= 11 is 0. The lowest BCUT2D eigenvalue weighted by atomic mass is 10.1. The Labute approximate surface area is 130 Å². The van der Waals surface area contributed by atoms with E-state index in [0.717, 1.165) is 24.5 Å². The van der Waals surface area contributed by atoms with Crippen molar-refractivity contribution in [3.8, 4) is 0 Å². The molecule has 5 heteroatoms. The van der Waals surface area contributed by atoms with Crippen molar-refractivity contribution in [3.63, 3.8) is 0 Å². The van der Waals surface area contributed by atoms with Crippen molar-refractivity contribution in [2.45, 2.75) is 6.54 Å². The summed E-state index contributed by atoms with van der Waals surface area (Å²) in [4.78, 5) is 21.0. The maximum Gasteiger partial charge on any atom is 0.253 e. The van der Waals surface area contributed by atoms with Gasteiger partial charge in [-0.05, 0) is 29.8 Å². The normalized spacial score (nSPS) is 15.0. The average Bonchev–Trinajstić information content (AvgIpc) is 2.62. The van der Waals surface area contributed by atoms with Crippen LogP contribution in [-0.2, 0) is 6.54 Å². The molecule has 1 saturated heterocycles. The van der Waals surface area contributed by atoms with Crippen LogP contribution in [0.1, 0.15) is 15.9 Å². The summed E-state index contributed by atoms with van der Waals surface area (Å²) in [6, 6.07) is 13.5. The van der Waals surface area contributed by atoms with Crippen LogP contribution in [0, 0.1) is 0 Å². The van der Waals surface area contributed by atoms with E-state index in [1.165, 1.54) is 0 Å². The molecule has 0 aliphatic carbocycles. The number of rotatable bonds is 3. The van der Waals surface area contributed by atoms with E-state index in [1.807, 2.05) is 47.4 Å². The number of benzene rings is 1. The van der Waals surface area contributed by atoms with Crippen LogP contribution in [0.25, 0.3) is 0 Å². The number of anilines is 1. The molecule has 0 atom stereocenters. The van der Waals surface area contributed by atoms with E-state index in [2.05, 4.69) is 9.88 Å². The predicted molar refractivity (Wildman–Crippen MR) is 86.7 cm³/mol. The van der Waals surface area contributed by atoms with Gasteiger partial charge in [-0.25, -0.2) is 4.98 Å². The molecule has 5 nitrogen and oxygen atoms in total. The summed E-state index contributed by atoms with van der Waals surface area (Å²) in [5.41, 5.74) is 7.34. The number of aromatic nitrogens is 1. The van der Waals surface area contributed by atoms with E-state index in [4.69, 9.17) is 5.73 Å². The molecule has 2 aromatic rings. The molecule has 1 aliphatic rings. The first kappa shape index (κ1) is 14.5. The third-order valence-electron chi connectivity index (χ3n) is 3.95. The molecule has 1 aromatic heterocycles. The summed E-state index contributed by atoms with van der Waals surface area (Å²) in [5.74, 6) is 1.05. The van der Waals surface area contributed by atoms with Crippen LogP contribution in [-0.4, -0.2) is 42.0 Å².